The van der Waals surface area contributed by atoms with Crippen molar-refractivity contribution in [3.05, 3.63) is 35.6 Å². The zero-order chi connectivity index (χ0) is 17.2. The molecule has 1 aromatic carbocycles. The number of nitrogens with zero attached hydrogens (tertiary/aromatic N) is 1. The van der Waals surface area contributed by atoms with E-state index in [1.165, 1.54) is 18.9 Å². The summed E-state index contributed by atoms with van der Waals surface area (Å²) in [4.78, 5) is 15.2. The molecule has 1 aromatic rings. The van der Waals surface area contributed by atoms with Crippen molar-refractivity contribution >= 4 is 30.7 Å². The minimum Gasteiger partial charge on any atom is -0.379 e. The summed E-state index contributed by atoms with van der Waals surface area (Å²) in [5.74, 6) is -0.405. The first-order valence-corrected chi connectivity index (χ1v) is 9.33. The molecule has 27 heavy (non-hydrogen) atoms. The van der Waals surface area contributed by atoms with Crippen molar-refractivity contribution in [3.8, 4) is 0 Å². The molecule has 2 bridgehead atoms. The molecule has 0 saturated carbocycles. The molecule has 3 heterocycles. The van der Waals surface area contributed by atoms with Crippen molar-refractivity contribution in [2.45, 2.75) is 49.9 Å². The maximum atomic E-state index is 14.4. The van der Waals surface area contributed by atoms with Crippen molar-refractivity contribution < 1.29 is 13.9 Å². The molecular formula is C19H28Cl2FN3O2. The monoisotopic (exact) mass is 419 g/mol. The van der Waals surface area contributed by atoms with Gasteiger partial charge < -0.3 is 15.4 Å². The van der Waals surface area contributed by atoms with Gasteiger partial charge in [-0.2, -0.15) is 0 Å². The molecule has 3 saturated heterocycles. The largest absolute Gasteiger partial charge is 0.379 e. The fraction of sp³-hybridized carbons (Fsp3) is 0.632. The Balaban J connectivity index is 0.00000131. The van der Waals surface area contributed by atoms with Crippen LogP contribution >= 0.6 is 24.8 Å². The Morgan fingerprint density at radius 2 is 1.78 bits per heavy atom. The zero-order valence-corrected chi connectivity index (χ0v) is 16.9. The average Bonchev–Trinajstić information content (AvgIpc) is 2.96. The number of piperidine rings is 1. The van der Waals surface area contributed by atoms with E-state index in [9.17, 15) is 9.18 Å². The zero-order valence-electron chi connectivity index (χ0n) is 15.2. The van der Waals surface area contributed by atoms with Gasteiger partial charge >= 0.3 is 0 Å². The quantitative estimate of drug-likeness (QED) is 0.786. The molecule has 3 unspecified atom stereocenters. The topological polar surface area (TPSA) is 53.6 Å². The predicted octanol–water partition coefficient (Wildman–Crippen LogP) is 2.44. The van der Waals surface area contributed by atoms with E-state index in [4.69, 9.17) is 4.74 Å². The molecule has 152 valence electrons. The van der Waals surface area contributed by atoms with Crippen molar-refractivity contribution in [2.24, 2.45) is 0 Å². The van der Waals surface area contributed by atoms with Gasteiger partial charge in [0.25, 0.3) is 0 Å². The smallest absolute Gasteiger partial charge is 0.242 e. The van der Waals surface area contributed by atoms with Crippen LogP contribution in [0, 0.1) is 5.82 Å². The molecule has 2 N–H and O–H groups in total. The number of hydrogen-bond donors (Lipinski definition) is 2. The highest BCUT2D eigenvalue weighted by Gasteiger charge is 2.37. The van der Waals surface area contributed by atoms with Gasteiger partial charge in [0.2, 0.25) is 5.91 Å². The number of benzene rings is 1. The maximum absolute atomic E-state index is 14.4. The van der Waals surface area contributed by atoms with Gasteiger partial charge in [-0.1, -0.05) is 18.2 Å². The molecule has 4 rings (SSSR count). The third-order valence-electron chi connectivity index (χ3n) is 5.68. The van der Waals surface area contributed by atoms with Gasteiger partial charge in [-0.15, -0.1) is 24.8 Å². The molecule has 3 aliphatic rings. The van der Waals surface area contributed by atoms with Crippen LogP contribution in [0.15, 0.2) is 24.3 Å². The molecule has 3 aliphatic heterocycles. The lowest BCUT2D eigenvalue weighted by atomic mass is 9.97. The van der Waals surface area contributed by atoms with Crippen molar-refractivity contribution in [3.63, 3.8) is 0 Å². The van der Waals surface area contributed by atoms with E-state index < -0.39 is 6.04 Å². The van der Waals surface area contributed by atoms with Crippen LogP contribution in [-0.4, -0.2) is 55.2 Å². The minimum atomic E-state index is -0.586. The Morgan fingerprint density at radius 1 is 1.15 bits per heavy atom. The van der Waals surface area contributed by atoms with Gasteiger partial charge in [-0.3, -0.25) is 9.69 Å². The van der Waals surface area contributed by atoms with Crippen LogP contribution in [0.4, 0.5) is 4.39 Å². The number of rotatable bonds is 4. The second kappa shape index (κ2) is 10.0. The maximum Gasteiger partial charge on any atom is 0.242 e. The first kappa shape index (κ1) is 22.4. The van der Waals surface area contributed by atoms with Crippen molar-refractivity contribution in [2.75, 3.05) is 26.3 Å². The lowest BCUT2D eigenvalue weighted by Crippen LogP contribution is -2.52. The van der Waals surface area contributed by atoms with Crippen LogP contribution in [0.3, 0.4) is 0 Å². The molecular weight excluding hydrogens is 392 g/mol. The molecule has 0 spiro atoms. The number of morpholine rings is 1. The van der Waals surface area contributed by atoms with Crippen LogP contribution in [0.5, 0.6) is 0 Å². The predicted molar refractivity (Wildman–Crippen MR) is 107 cm³/mol. The molecule has 5 nitrogen and oxygen atoms in total. The highest BCUT2D eigenvalue weighted by Crippen LogP contribution is 2.29. The van der Waals surface area contributed by atoms with Gasteiger partial charge in [-0.05, 0) is 31.7 Å². The third-order valence-corrected chi connectivity index (χ3v) is 5.68. The van der Waals surface area contributed by atoms with Crippen molar-refractivity contribution in [1.82, 2.24) is 15.5 Å². The Labute approximate surface area is 172 Å². The molecule has 0 aliphatic carbocycles. The second-order valence-corrected chi connectivity index (χ2v) is 7.39. The van der Waals surface area contributed by atoms with E-state index in [2.05, 4.69) is 10.6 Å². The molecule has 8 heteroatoms. The van der Waals surface area contributed by atoms with E-state index in [1.54, 1.807) is 18.2 Å². The number of hydrogen-bond acceptors (Lipinski definition) is 4. The summed E-state index contributed by atoms with van der Waals surface area (Å²) in [6, 6.07) is 7.24. The van der Waals surface area contributed by atoms with Gasteiger partial charge in [0.15, 0.2) is 0 Å². The number of carbonyl (C=O) groups is 1. The SMILES string of the molecule is Cl.Cl.O=C(NC1CC2CCC(C1)N2)C(c1ccccc1F)N1CCOCC1. The number of carbonyl (C=O) groups excluding carboxylic acids is 1. The molecule has 1 amide bonds. The first-order valence-electron chi connectivity index (χ1n) is 9.33. The van der Waals surface area contributed by atoms with E-state index in [-0.39, 0.29) is 42.6 Å². The first-order chi connectivity index (χ1) is 12.2. The van der Waals surface area contributed by atoms with E-state index in [1.807, 2.05) is 4.90 Å². The third kappa shape index (κ3) is 5.12. The summed E-state index contributed by atoms with van der Waals surface area (Å²) in [5.41, 5.74) is 0.457. The highest BCUT2D eigenvalue weighted by atomic mass is 35.5. The second-order valence-electron chi connectivity index (χ2n) is 7.39. The van der Waals surface area contributed by atoms with Gasteiger partial charge in [0, 0.05) is 36.8 Å². The van der Waals surface area contributed by atoms with Crippen LogP contribution in [-0.2, 0) is 9.53 Å². The number of halogens is 3. The van der Waals surface area contributed by atoms with Crippen molar-refractivity contribution in [1.29, 1.82) is 0 Å². The molecule has 3 fully saturated rings. The van der Waals surface area contributed by atoms with Crippen LogP contribution in [0.25, 0.3) is 0 Å². The lowest BCUT2D eigenvalue weighted by molar-refractivity contribution is -0.129. The summed E-state index contributed by atoms with van der Waals surface area (Å²) in [6.45, 7) is 2.44. The Hall–Kier alpha value is -0.920. The van der Waals surface area contributed by atoms with Crippen LogP contribution in [0.1, 0.15) is 37.3 Å². The minimum absolute atomic E-state index is 0. The van der Waals surface area contributed by atoms with Crippen LogP contribution < -0.4 is 10.6 Å². The molecule has 3 atom stereocenters. The van der Waals surface area contributed by atoms with Crippen LogP contribution in [0.2, 0.25) is 0 Å². The van der Waals surface area contributed by atoms with E-state index >= 15 is 0 Å². The highest BCUT2D eigenvalue weighted by molar-refractivity contribution is 5.85. The number of fused-ring (bicyclic) bond motifs is 2. The fourth-order valence-corrected chi connectivity index (χ4v) is 4.49. The Bertz CT molecular complexity index is 619. The molecule has 0 radical (unpaired) electrons. The number of nitrogens with one attached hydrogen (secondary N) is 2. The summed E-state index contributed by atoms with van der Waals surface area (Å²) >= 11 is 0. The summed E-state index contributed by atoms with van der Waals surface area (Å²) in [5, 5.41) is 6.80. The summed E-state index contributed by atoms with van der Waals surface area (Å²) in [6.07, 6.45) is 4.32. The lowest BCUT2D eigenvalue weighted by Gasteiger charge is -2.36. The standard InChI is InChI=1S/C19H26FN3O2.2ClH/c20-17-4-2-1-3-16(17)18(23-7-9-25-10-8-23)19(24)22-15-11-13-5-6-14(12-15)21-13;;/h1-4,13-15,18,21H,5-12H2,(H,22,24);2*1H. The van der Waals surface area contributed by atoms with Gasteiger partial charge in [0.1, 0.15) is 11.9 Å². The fourth-order valence-electron chi connectivity index (χ4n) is 4.49. The Kier molecular flexibility index (Phi) is 8.31. The summed E-state index contributed by atoms with van der Waals surface area (Å²) in [7, 11) is 0. The summed E-state index contributed by atoms with van der Waals surface area (Å²) < 4.78 is 19.8. The number of ether oxygens (including phenoxy) is 1. The normalized spacial score (nSPS) is 28.6. The molecule has 0 aromatic heterocycles. The number of amides is 1. The average molecular weight is 420 g/mol. The van der Waals surface area contributed by atoms with Gasteiger partial charge in [0.05, 0.1) is 13.2 Å². The van der Waals surface area contributed by atoms with E-state index in [0.717, 1.165) is 12.8 Å². The Morgan fingerprint density at radius 3 is 2.41 bits per heavy atom. The van der Waals surface area contributed by atoms with Gasteiger partial charge in [-0.25, -0.2) is 4.39 Å². The van der Waals surface area contributed by atoms with E-state index in [0.29, 0.717) is 44.0 Å².